The second-order valence-electron chi connectivity index (χ2n) is 3.62. The molecule has 0 aromatic rings. The van der Waals surface area contributed by atoms with Crippen LogP contribution in [0.2, 0.25) is 0 Å². The molecule has 2 unspecified atom stereocenters. The first-order valence-corrected chi connectivity index (χ1v) is 5.61. The highest BCUT2D eigenvalue weighted by molar-refractivity contribution is 4.52. The summed E-state index contributed by atoms with van der Waals surface area (Å²) in [5.74, 6) is 0. The van der Waals surface area contributed by atoms with Crippen LogP contribution in [0.4, 0.5) is 0 Å². The minimum absolute atomic E-state index is 0.0128. The molecule has 0 saturated heterocycles. The molecule has 0 radical (unpaired) electrons. The third kappa shape index (κ3) is 10.3. The number of hydrogen-bond acceptors (Lipinski definition) is 5. The molecule has 0 fully saturated rings. The van der Waals surface area contributed by atoms with Gasteiger partial charge in [0.25, 0.3) is 0 Å². The molecular formula is C11H24O5. The molecule has 16 heavy (non-hydrogen) atoms. The van der Waals surface area contributed by atoms with Crippen LogP contribution in [0.25, 0.3) is 0 Å². The third-order valence-corrected chi connectivity index (χ3v) is 1.88. The van der Waals surface area contributed by atoms with Crippen LogP contribution in [0.5, 0.6) is 0 Å². The van der Waals surface area contributed by atoms with Crippen molar-refractivity contribution in [1.82, 2.24) is 0 Å². The highest BCUT2D eigenvalue weighted by Crippen LogP contribution is 1.97. The smallest absolute Gasteiger partial charge is 0.0785 e. The highest BCUT2D eigenvalue weighted by Gasteiger charge is 2.07. The van der Waals surface area contributed by atoms with Crippen molar-refractivity contribution in [2.75, 3.05) is 46.8 Å². The van der Waals surface area contributed by atoms with Gasteiger partial charge in [-0.2, -0.15) is 0 Å². The molecule has 0 rings (SSSR count). The number of aliphatic hydroxyl groups is 1. The fourth-order valence-corrected chi connectivity index (χ4v) is 1.09. The molecule has 0 amide bonds. The monoisotopic (exact) mass is 236 g/mol. The predicted molar refractivity (Wildman–Crippen MR) is 60.6 cm³/mol. The Bertz CT molecular complexity index is 142. The lowest BCUT2D eigenvalue weighted by atomic mass is 10.4. The number of ether oxygens (including phenoxy) is 4. The van der Waals surface area contributed by atoms with Crippen LogP contribution in [0.15, 0.2) is 0 Å². The van der Waals surface area contributed by atoms with E-state index in [9.17, 15) is 0 Å². The van der Waals surface area contributed by atoms with E-state index >= 15 is 0 Å². The van der Waals surface area contributed by atoms with E-state index in [2.05, 4.69) is 0 Å². The van der Waals surface area contributed by atoms with Crippen LogP contribution in [0.1, 0.15) is 13.8 Å². The fraction of sp³-hybridized carbons (Fsp3) is 1.00. The molecule has 5 heteroatoms. The first-order chi connectivity index (χ1) is 7.70. The predicted octanol–water partition coefficient (Wildman–Crippen LogP) is 0.452. The van der Waals surface area contributed by atoms with Gasteiger partial charge in [0.2, 0.25) is 0 Å². The van der Waals surface area contributed by atoms with Crippen molar-refractivity contribution >= 4 is 0 Å². The van der Waals surface area contributed by atoms with Crippen molar-refractivity contribution in [3.63, 3.8) is 0 Å². The van der Waals surface area contributed by atoms with Crippen molar-refractivity contribution in [3.05, 3.63) is 0 Å². The van der Waals surface area contributed by atoms with Crippen LogP contribution in [-0.2, 0) is 18.9 Å². The van der Waals surface area contributed by atoms with Gasteiger partial charge in [-0.25, -0.2) is 0 Å². The second kappa shape index (κ2) is 11.3. The number of rotatable bonds is 11. The normalized spacial score (nSPS) is 15.0. The molecule has 0 aromatic carbocycles. The van der Waals surface area contributed by atoms with Gasteiger partial charge in [0, 0.05) is 7.11 Å². The Morgan fingerprint density at radius 3 is 2.19 bits per heavy atom. The first-order valence-electron chi connectivity index (χ1n) is 5.61. The molecule has 0 saturated carbocycles. The zero-order valence-electron chi connectivity index (χ0n) is 10.5. The van der Waals surface area contributed by atoms with Crippen molar-refractivity contribution in [3.8, 4) is 0 Å². The van der Waals surface area contributed by atoms with E-state index in [1.165, 1.54) is 0 Å². The van der Waals surface area contributed by atoms with Crippen molar-refractivity contribution in [1.29, 1.82) is 0 Å². The average molecular weight is 236 g/mol. The van der Waals surface area contributed by atoms with Crippen molar-refractivity contribution in [2.45, 2.75) is 26.1 Å². The summed E-state index contributed by atoms with van der Waals surface area (Å²) < 4.78 is 20.8. The van der Waals surface area contributed by atoms with Gasteiger partial charge in [0.05, 0.1) is 51.8 Å². The zero-order chi connectivity index (χ0) is 12.2. The van der Waals surface area contributed by atoms with Crippen LogP contribution in [-0.4, -0.2) is 64.1 Å². The van der Waals surface area contributed by atoms with Gasteiger partial charge >= 0.3 is 0 Å². The number of aliphatic hydroxyl groups excluding tert-OH is 1. The Labute approximate surface area is 97.6 Å². The summed E-state index contributed by atoms with van der Waals surface area (Å²) in [5, 5.41) is 8.78. The lowest BCUT2D eigenvalue weighted by molar-refractivity contribution is -0.0660. The Balaban J connectivity index is 3.18. The minimum atomic E-state index is -0.142. The largest absolute Gasteiger partial charge is 0.394 e. The van der Waals surface area contributed by atoms with E-state index in [1.807, 2.05) is 13.8 Å². The molecule has 0 aromatic heterocycles. The van der Waals surface area contributed by atoms with Gasteiger partial charge in [-0.1, -0.05) is 0 Å². The van der Waals surface area contributed by atoms with E-state index in [-0.39, 0.29) is 18.8 Å². The molecule has 98 valence electrons. The summed E-state index contributed by atoms with van der Waals surface area (Å²) in [7, 11) is 1.64. The summed E-state index contributed by atoms with van der Waals surface area (Å²) in [5.41, 5.74) is 0. The average Bonchev–Trinajstić information content (AvgIpc) is 2.27. The topological polar surface area (TPSA) is 57.2 Å². The molecule has 0 spiro atoms. The Hall–Kier alpha value is -0.200. The van der Waals surface area contributed by atoms with E-state index in [4.69, 9.17) is 24.1 Å². The molecule has 0 heterocycles. The molecule has 1 N–H and O–H groups in total. The zero-order valence-corrected chi connectivity index (χ0v) is 10.5. The minimum Gasteiger partial charge on any atom is -0.394 e. The summed E-state index contributed by atoms with van der Waals surface area (Å²) >= 11 is 0. The first kappa shape index (κ1) is 15.8. The maximum atomic E-state index is 8.78. The summed E-state index contributed by atoms with van der Waals surface area (Å²) in [6.07, 6.45) is -0.155. The SMILES string of the molecule is COCCOCCOCC(C)OC(C)CO. The molecule has 0 bridgehead atoms. The van der Waals surface area contributed by atoms with Crippen LogP contribution >= 0.6 is 0 Å². The van der Waals surface area contributed by atoms with E-state index in [0.29, 0.717) is 33.0 Å². The van der Waals surface area contributed by atoms with Crippen molar-refractivity contribution in [2.24, 2.45) is 0 Å². The third-order valence-electron chi connectivity index (χ3n) is 1.88. The van der Waals surface area contributed by atoms with Crippen molar-refractivity contribution < 1.29 is 24.1 Å². The Morgan fingerprint density at radius 1 is 0.938 bits per heavy atom. The van der Waals surface area contributed by atoms with Crippen LogP contribution in [0, 0.1) is 0 Å². The van der Waals surface area contributed by atoms with E-state index in [1.54, 1.807) is 7.11 Å². The van der Waals surface area contributed by atoms with Gasteiger partial charge in [-0.3, -0.25) is 0 Å². The molecule has 0 aliphatic heterocycles. The maximum Gasteiger partial charge on any atom is 0.0785 e. The fourth-order valence-electron chi connectivity index (χ4n) is 1.09. The van der Waals surface area contributed by atoms with Gasteiger partial charge in [-0.05, 0) is 13.8 Å². The summed E-state index contributed by atoms with van der Waals surface area (Å²) in [6.45, 7) is 6.59. The lowest BCUT2D eigenvalue weighted by Gasteiger charge is -2.17. The molecule has 5 nitrogen and oxygen atoms in total. The van der Waals surface area contributed by atoms with Crippen LogP contribution < -0.4 is 0 Å². The summed E-state index contributed by atoms with van der Waals surface area (Å²) in [4.78, 5) is 0. The standard InChI is InChI=1S/C11H24O5/c1-10(8-12)16-11(2)9-15-7-6-14-5-4-13-3/h10-12H,4-9H2,1-3H3. The van der Waals surface area contributed by atoms with Gasteiger partial charge in [0.1, 0.15) is 0 Å². The van der Waals surface area contributed by atoms with Crippen LogP contribution in [0.3, 0.4) is 0 Å². The molecule has 0 aliphatic rings. The number of methoxy groups -OCH3 is 1. The lowest BCUT2D eigenvalue weighted by Crippen LogP contribution is -2.24. The van der Waals surface area contributed by atoms with Gasteiger partial charge in [-0.15, -0.1) is 0 Å². The highest BCUT2D eigenvalue weighted by atomic mass is 16.6. The van der Waals surface area contributed by atoms with Gasteiger partial charge < -0.3 is 24.1 Å². The summed E-state index contributed by atoms with van der Waals surface area (Å²) in [6, 6.07) is 0. The maximum absolute atomic E-state index is 8.78. The quantitative estimate of drug-likeness (QED) is 0.528. The Kier molecular flexibility index (Phi) is 11.1. The Morgan fingerprint density at radius 2 is 1.56 bits per heavy atom. The second-order valence-corrected chi connectivity index (χ2v) is 3.62. The molecule has 2 atom stereocenters. The number of hydrogen-bond donors (Lipinski definition) is 1. The molecular weight excluding hydrogens is 212 g/mol. The van der Waals surface area contributed by atoms with E-state index < -0.39 is 0 Å². The van der Waals surface area contributed by atoms with Gasteiger partial charge in [0.15, 0.2) is 0 Å². The van der Waals surface area contributed by atoms with E-state index in [0.717, 1.165) is 0 Å². The molecule has 0 aliphatic carbocycles.